The molecule has 0 bridgehead atoms. The summed E-state index contributed by atoms with van der Waals surface area (Å²) in [6, 6.07) is 8.03. The minimum atomic E-state index is 0.134. The second-order valence-corrected chi connectivity index (χ2v) is 4.77. The molecule has 0 spiro atoms. The number of benzene rings is 1. The van der Waals surface area contributed by atoms with E-state index in [0.29, 0.717) is 0 Å². The van der Waals surface area contributed by atoms with Crippen molar-refractivity contribution in [1.82, 2.24) is 0 Å². The number of hydrogen-bond acceptors (Lipinski definition) is 2. The Morgan fingerprint density at radius 1 is 1.11 bits per heavy atom. The van der Waals surface area contributed by atoms with Crippen LogP contribution in [0.3, 0.4) is 0 Å². The van der Waals surface area contributed by atoms with Gasteiger partial charge in [-0.1, -0.05) is 20.3 Å². The standard InChI is InChI=1S/C16H25NO/c1-5-8-13(4)16(18)14-9-11-15(12-10-14)17(6-2)7-3/h9-13H,5-8H2,1-4H3. The van der Waals surface area contributed by atoms with Crippen LogP contribution < -0.4 is 4.90 Å². The predicted molar refractivity (Wildman–Crippen MR) is 78.4 cm³/mol. The molecule has 1 aromatic carbocycles. The maximum Gasteiger partial charge on any atom is 0.165 e. The third-order valence-electron chi connectivity index (χ3n) is 3.45. The predicted octanol–water partition coefficient (Wildman–Crippen LogP) is 4.15. The maximum atomic E-state index is 12.1. The van der Waals surface area contributed by atoms with Gasteiger partial charge in [0.1, 0.15) is 0 Å². The van der Waals surface area contributed by atoms with Gasteiger partial charge in [0.05, 0.1) is 0 Å². The number of anilines is 1. The Kier molecular flexibility index (Phi) is 5.90. The molecular weight excluding hydrogens is 222 g/mol. The molecule has 0 aliphatic rings. The summed E-state index contributed by atoms with van der Waals surface area (Å²) in [5, 5.41) is 0. The molecule has 0 N–H and O–H groups in total. The number of ketones is 1. The van der Waals surface area contributed by atoms with Crippen molar-refractivity contribution in [2.45, 2.75) is 40.5 Å². The van der Waals surface area contributed by atoms with Gasteiger partial charge in [-0.2, -0.15) is 0 Å². The van der Waals surface area contributed by atoms with Gasteiger partial charge in [-0.05, 0) is 44.5 Å². The Labute approximate surface area is 111 Å². The molecule has 0 saturated heterocycles. The lowest BCUT2D eigenvalue weighted by molar-refractivity contribution is 0.0923. The van der Waals surface area contributed by atoms with Crippen LogP contribution in [0.5, 0.6) is 0 Å². The summed E-state index contributed by atoms with van der Waals surface area (Å²) in [5.74, 6) is 0.400. The van der Waals surface area contributed by atoms with E-state index < -0.39 is 0 Å². The summed E-state index contributed by atoms with van der Waals surface area (Å²) >= 11 is 0. The third kappa shape index (κ3) is 3.59. The summed E-state index contributed by atoms with van der Waals surface area (Å²) in [5.41, 5.74) is 2.03. The molecule has 0 heterocycles. The average molecular weight is 247 g/mol. The number of hydrogen-bond donors (Lipinski definition) is 0. The smallest absolute Gasteiger partial charge is 0.165 e. The molecule has 0 fully saturated rings. The fraction of sp³-hybridized carbons (Fsp3) is 0.562. The van der Waals surface area contributed by atoms with E-state index in [1.54, 1.807) is 0 Å². The first-order valence-electron chi connectivity index (χ1n) is 7.03. The van der Waals surface area contributed by atoms with Gasteiger partial charge >= 0.3 is 0 Å². The van der Waals surface area contributed by atoms with Gasteiger partial charge in [0.15, 0.2) is 5.78 Å². The fourth-order valence-corrected chi connectivity index (χ4v) is 2.27. The lowest BCUT2D eigenvalue weighted by Gasteiger charge is -2.21. The van der Waals surface area contributed by atoms with Crippen LogP contribution in [0.25, 0.3) is 0 Å². The number of rotatable bonds is 7. The molecule has 2 nitrogen and oxygen atoms in total. The molecule has 2 heteroatoms. The first-order valence-corrected chi connectivity index (χ1v) is 7.03. The number of carbonyl (C=O) groups excluding carboxylic acids is 1. The Hall–Kier alpha value is -1.31. The van der Waals surface area contributed by atoms with Crippen molar-refractivity contribution in [3.63, 3.8) is 0 Å². The molecule has 1 atom stereocenters. The van der Waals surface area contributed by atoms with E-state index >= 15 is 0 Å². The Balaban J connectivity index is 2.79. The monoisotopic (exact) mass is 247 g/mol. The normalized spacial score (nSPS) is 12.2. The molecule has 0 saturated carbocycles. The first-order chi connectivity index (χ1) is 8.63. The van der Waals surface area contributed by atoms with Crippen molar-refractivity contribution >= 4 is 11.5 Å². The number of Topliss-reactive ketones (excluding diaryl/α,β-unsaturated/α-hetero) is 1. The summed E-state index contributed by atoms with van der Waals surface area (Å²) < 4.78 is 0. The fourth-order valence-electron chi connectivity index (χ4n) is 2.27. The largest absolute Gasteiger partial charge is 0.372 e. The lowest BCUT2D eigenvalue weighted by atomic mass is 9.95. The van der Waals surface area contributed by atoms with Crippen LogP contribution in [-0.2, 0) is 0 Å². The van der Waals surface area contributed by atoms with E-state index in [4.69, 9.17) is 0 Å². The van der Waals surface area contributed by atoms with Crippen LogP contribution in [0, 0.1) is 5.92 Å². The second kappa shape index (κ2) is 7.20. The molecule has 1 aromatic rings. The van der Waals surface area contributed by atoms with Gasteiger partial charge in [0, 0.05) is 30.3 Å². The van der Waals surface area contributed by atoms with Crippen LogP contribution in [0.2, 0.25) is 0 Å². The van der Waals surface area contributed by atoms with E-state index in [1.807, 2.05) is 19.1 Å². The molecule has 1 unspecified atom stereocenters. The molecular formula is C16H25NO. The summed E-state index contributed by atoms with van der Waals surface area (Å²) in [6.45, 7) is 10.4. The van der Waals surface area contributed by atoms with Crippen LogP contribution in [0.4, 0.5) is 5.69 Å². The maximum absolute atomic E-state index is 12.1. The number of nitrogens with zero attached hydrogens (tertiary/aromatic N) is 1. The van der Waals surface area contributed by atoms with E-state index in [2.05, 4.69) is 37.8 Å². The topological polar surface area (TPSA) is 20.3 Å². The summed E-state index contributed by atoms with van der Waals surface area (Å²) in [4.78, 5) is 14.4. The van der Waals surface area contributed by atoms with Crippen LogP contribution >= 0.6 is 0 Å². The molecule has 100 valence electrons. The van der Waals surface area contributed by atoms with Crippen molar-refractivity contribution in [3.05, 3.63) is 29.8 Å². The van der Waals surface area contributed by atoms with E-state index in [-0.39, 0.29) is 11.7 Å². The minimum Gasteiger partial charge on any atom is -0.372 e. The highest BCUT2D eigenvalue weighted by Gasteiger charge is 2.14. The zero-order valence-corrected chi connectivity index (χ0v) is 12.1. The van der Waals surface area contributed by atoms with Gasteiger partial charge in [-0.3, -0.25) is 4.79 Å². The van der Waals surface area contributed by atoms with Gasteiger partial charge in [0.2, 0.25) is 0 Å². The third-order valence-corrected chi connectivity index (χ3v) is 3.45. The molecule has 0 amide bonds. The van der Waals surface area contributed by atoms with Crippen molar-refractivity contribution in [2.75, 3.05) is 18.0 Å². The van der Waals surface area contributed by atoms with Crippen molar-refractivity contribution in [2.24, 2.45) is 5.92 Å². The number of carbonyl (C=O) groups is 1. The van der Waals surface area contributed by atoms with E-state index in [0.717, 1.165) is 31.5 Å². The highest BCUT2D eigenvalue weighted by atomic mass is 16.1. The second-order valence-electron chi connectivity index (χ2n) is 4.77. The molecule has 0 aliphatic heterocycles. The molecule has 0 radical (unpaired) electrons. The average Bonchev–Trinajstić information content (AvgIpc) is 2.40. The van der Waals surface area contributed by atoms with Gasteiger partial charge in [-0.25, -0.2) is 0 Å². The highest BCUT2D eigenvalue weighted by molar-refractivity contribution is 5.97. The van der Waals surface area contributed by atoms with Gasteiger partial charge in [0.25, 0.3) is 0 Å². The van der Waals surface area contributed by atoms with Crippen molar-refractivity contribution in [3.8, 4) is 0 Å². The van der Waals surface area contributed by atoms with Crippen molar-refractivity contribution in [1.29, 1.82) is 0 Å². The zero-order chi connectivity index (χ0) is 13.5. The lowest BCUT2D eigenvalue weighted by Crippen LogP contribution is -2.21. The van der Waals surface area contributed by atoms with E-state index in [1.165, 1.54) is 5.69 Å². The molecule has 18 heavy (non-hydrogen) atoms. The SMILES string of the molecule is CCCC(C)C(=O)c1ccc(N(CC)CC)cc1. The Morgan fingerprint density at radius 3 is 2.11 bits per heavy atom. The minimum absolute atomic E-state index is 0.134. The molecule has 0 aliphatic carbocycles. The van der Waals surface area contributed by atoms with Gasteiger partial charge < -0.3 is 4.90 Å². The highest BCUT2D eigenvalue weighted by Crippen LogP contribution is 2.18. The van der Waals surface area contributed by atoms with Gasteiger partial charge in [-0.15, -0.1) is 0 Å². The molecule has 1 rings (SSSR count). The summed E-state index contributed by atoms with van der Waals surface area (Å²) in [7, 11) is 0. The first kappa shape index (κ1) is 14.7. The zero-order valence-electron chi connectivity index (χ0n) is 12.1. The molecule has 0 aromatic heterocycles. The Bertz CT molecular complexity index is 365. The van der Waals surface area contributed by atoms with Crippen molar-refractivity contribution < 1.29 is 4.79 Å². The summed E-state index contributed by atoms with van der Waals surface area (Å²) in [6.07, 6.45) is 2.03. The van der Waals surface area contributed by atoms with Crippen LogP contribution in [0.15, 0.2) is 24.3 Å². The quantitative estimate of drug-likeness (QED) is 0.675. The Morgan fingerprint density at radius 2 is 1.67 bits per heavy atom. The van der Waals surface area contributed by atoms with E-state index in [9.17, 15) is 4.79 Å². The van der Waals surface area contributed by atoms with Crippen LogP contribution in [0.1, 0.15) is 50.9 Å². The van der Waals surface area contributed by atoms with Crippen LogP contribution in [-0.4, -0.2) is 18.9 Å².